The lowest BCUT2D eigenvalue weighted by molar-refractivity contribution is 1.39. The third-order valence-electron chi connectivity index (χ3n) is 2.96. The van der Waals surface area contributed by atoms with Gasteiger partial charge in [-0.1, -0.05) is 46.3 Å². The molecule has 3 aromatic rings. The summed E-state index contributed by atoms with van der Waals surface area (Å²) < 4.78 is 1.89. The molecule has 2 aromatic carbocycles. The van der Waals surface area contributed by atoms with Crippen LogP contribution in [-0.2, 0) is 0 Å². The molecule has 3 rings (SSSR count). The molecule has 0 aliphatic rings. The number of rotatable bonds is 1. The maximum Gasteiger partial charge on any atom is 0.0883 e. The SMILES string of the molecule is Nc1cc(-c2ccccc2)nc2c(Br)ccc(Br)c12. The minimum Gasteiger partial charge on any atom is -0.398 e. The van der Waals surface area contributed by atoms with Crippen LogP contribution in [0.5, 0.6) is 0 Å². The molecule has 0 aliphatic heterocycles. The van der Waals surface area contributed by atoms with Gasteiger partial charge >= 0.3 is 0 Å². The lowest BCUT2D eigenvalue weighted by Crippen LogP contribution is -1.94. The third kappa shape index (κ3) is 2.26. The van der Waals surface area contributed by atoms with E-state index in [0.29, 0.717) is 0 Å². The van der Waals surface area contributed by atoms with E-state index in [1.165, 1.54) is 0 Å². The number of nitrogens with zero attached hydrogens (tertiary/aromatic N) is 1. The summed E-state index contributed by atoms with van der Waals surface area (Å²) in [4.78, 5) is 4.71. The quantitative estimate of drug-likeness (QED) is 0.647. The molecule has 0 saturated carbocycles. The average Bonchev–Trinajstić information content (AvgIpc) is 2.43. The predicted molar refractivity (Wildman–Crippen MR) is 87.0 cm³/mol. The fourth-order valence-electron chi connectivity index (χ4n) is 2.05. The summed E-state index contributed by atoms with van der Waals surface area (Å²) in [5.41, 5.74) is 9.70. The molecule has 1 heterocycles. The van der Waals surface area contributed by atoms with Crippen LogP contribution in [0.1, 0.15) is 0 Å². The van der Waals surface area contributed by atoms with Gasteiger partial charge in [0.05, 0.1) is 11.2 Å². The van der Waals surface area contributed by atoms with Crippen molar-refractivity contribution in [2.24, 2.45) is 0 Å². The van der Waals surface area contributed by atoms with Crippen LogP contribution in [0.3, 0.4) is 0 Å². The summed E-state index contributed by atoms with van der Waals surface area (Å²) in [7, 11) is 0. The van der Waals surface area contributed by atoms with Gasteiger partial charge in [0.2, 0.25) is 0 Å². The van der Waals surface area contributed by atoms with Crippen LogP contribution in [0.25, 0.3) is 22.2 Å². The number of fused-ring (bicyclic) bond motifs is 1. The van der Waals surface area contributed by atoms with E-state index in [1.807, 2.05) is 48.5 Å². The van der Waals surface area contributed by atoms with Gasteiger partial charge in [-0.2, -0.15) is 0 Å². The predicted octanol–water partition coefficient (Wildman–Crippen LogP) is 5.01. The van der Waals surface area contributed by atoms with Crippen molar-refractivity contribution < 1.29 is 0 Å². The minimum atomic E-state index is 0.719. The number of nitrogen functional groups attached to an aromatic ring is 1. The highest BCUT2D eigenvalue weighted by Crippen LogP contribution is 2.35. The molecule has 0 amide bonds. The molecule has 94 valence electrons. The van der Waals surface area contributed by atoms with E-state index in [4.69, 9.17) is 10.7 Å². The van der Waals surface area contributed by atoms with Gasteiger partial charge in [-0.3, -0.25) is 0 Å². The topological polar surface area (TPSA) is 38.9 Å². The van der Waals surface area contributed by atoms with Gasteiger partial charge in [0.15, 0.2) is 0 Å². The highest BCUT2D eigenvalue weighted by atomic mass is 79.9. The van der Waals surface area contributed by atoms with Crippen molar-refractivity contribution in [3.05, 3.63) is 57.5 Å². The second kappa shape index (κ2) is 4.94. The zero-order valence-corrected chi connectivity index (χ0v) is 13.1. The number of aromatic nitrogens is 1. The number of hydrogen-bond acceptors (Lipinski definition) is 2. The molecule has 0 spiro atoms. The van der Waals surface area contributed by atoms with E-state index >= 15 is 0 Å². The number of halogens is 2. The first kappa shape index (κ1) is 12.6. The van der Waals surface area contributed by atoms with Crippen molar-refractivity contribution >= 4 is 48.5 Å². The van der Waals surface area contributed by atoms with E-state index < -0.39 is 0 Å². The number of pyridine rings is 1. The van der Waals surface area contributed by atoms with Crippen LogP contribution in [0.4, 0.5) is 5.69 Å². The molecule has 4 heteroatoms. The fourth-order valence-corrected chi connectivity index (χ4v) is 3.02. The van der Waals surface area contributed by atoms with Crippen molar-refractivity contribution in [1.29, 1.82) is 0 Å². The van der Waals surface area contributed by atoms with Gasteiger partial charge in [0.25, 0.3) is 0 Å². The van der Waals surface area contributed by atoms with Gasteiger partial charge in [0.1, 0.15) is 0 Å². The van der Waals surface area contributed by atoms with Gasteiger partial charge in [-0.15, -0.1) is 0 Å². The van der Waals surface area contributed by atoms with Crippen molar-refractivity contribution in [1.82, 2.24) is 4.98 Å². The van der Waals surface area contributed by atoms with E-state index in [1.54, 1.807) is 0 Å². The Balaban J connectivity index is 2.34. The fraction of sp³-hybridized carbons (Fsp3) is 0. The second-order valence-corrected chi connectivity index (χ2v) is 5.92. The molecule has 0 aliphatic carbocycles. The lowest BCUT2D eigenvalue weighted by atomic mass is 10.1. The van der Waals surface area contributed by atoms with Gasteiger partial charge in [-0.25, -0.2) is 4.98 Å². The zero-order chi connectivity index (χ0) is 13.4. The number of anilines is 1. The largest absolute Gasteiger partial charge is 0.398 e. The molecule has 2 nitrogen and oxygen atoms in total. The molecular weight excluding hydrogens is 368 g/mol. The van der Waals surface area contributed by atoms with Crippen LogP contribution in [-0.4, -0.2) is 4.98 Å². The Bertz CT molecular complexity index is 755. The first-order valence-electron chi connectivity index (χ1n) is 5.76. The monoisotopic (exact) mass is 376 g/mol. The van der Waals surface area contributed by atoms with E-state index in [0.717, 1.165) is 36.8 Å². The van der Waals surface area contributed by atoms with Crippen molar-refractivity contribution in [3.63, 3.8) is 0 Å². The maximum absolute atomic E-state index is 6.17. The van der Waals surface area contributed by atoms with Crippen LogP contribution < -0.4 is 5.73 Å². The Hall–Kier alpha value is -1.39. The number of nitrogens with two attached hydrogens (primary N) is 1. The van der Waals surface area contributed by atoms with Crippen molar-refractivity contribution in [2.75, 3.05) is 5.73 Å². The molecule has 0 saturated heterocycles. The summed E-state index contributed by atoms with van der Waals surface area (Å²) in [5.74, 6) is 0. The Morgan fingerprint density at radius 1 is 0.895 bits per heavy atom. The highest BCUT2D eigenvalue weighted by Gasteiger charge is 2.10. The van der Waals surface area contributed by atoms with Gasteiger partial charge in [0, 0.05) is 25.6 Å². The summed E-state index contributed by atoms with van der Waals surface area (Å²) >= 11 is 7.05. The Morgan fingerprint density at radius 2 is 1.58 bits per heavy atom. The molecule has 0 unspecified atom stereocenters. The smallest absolute Gasteiger partial charge is 0.0883 e. The lowest BCUT2D eigenvalue weighted by Gasteiger charge is -2.09. The average molecular weight is 378 g/mol. The van der Waals surface area contributed by atoms with Crippen LogP contribution >= 0.6 is 31.9 Å². The molecule has 2 N–H and O–H groups in total. The Morgan fingerprint density at radius 3 is 2.32 bits per heavy atom. The Labute approximate surface area is 127 Å². The molecule has 0 radical (unpaired) electrons. The Kier molecular flexibility index (Phi) is 3.29. The summed E-state index contributed by atoms with van der Waals surface area (Å²) in [5, 5.41) is 0.939. The first-order chi connectivity index (χ1) is 9.16. The van der Waals surface area contributed by atoms with E-state index in [9.17, 15) is 0 Å². The molecule has 19 heavy (non-hydrogen) atoms. The number of hydrogen-bond donors (Lipinski definition) is 1. The van der Waals surface area contributed by atoms with Crippen LogP contribution in [0, 0.1) is 0 Å². The van der Waals surface area contributed by atoms with E-state index in [-0.39, 0.29) is 0 Å². The summed E-state index contributed by atoms with van der Waals surface area (Å²) in [6, 6.07) is 15.9. The summed E-state index contributed by atoms with van der Waals surface area (Å²) in [6.45, 7) is 0. The van der Waals surface area contributed by atoms with E-state index in [2.05, 4.69) is 31.9 Å². The van der Waals surface area contributed by atoms with Crippen molar-refractivity contribution in [3.8, 4) is 11.3 Å². The molecule has 0 atom stereocenters. The molecular formula is C15H10Br2N2. The number of benzene rings is 2. The van der Waals surface area contributed by atoms with Crippen LogP contribution in [0.2, 0.25) is 0 Å². The standard InChI is InChI=1S/C15H10Br2N2/c16-10-6-7-11(17)15-14(10)12(18)8-13(19-15)9-4-2-1-3-5-9/h1-8H,(H2,18,19). The zero-order valence-electron chi connectivity index (χ0n) is 9.90. The maximum atomic E-state index is 6.17. The minimum absolute atomic E-state index is 0.719. The molecule has 1 aromatic heterocycles. The normalized spacial score (nSPS) is 10.8. The first-order valence-corrected chi connectivity index (χ1v) is 7.35. The summed E-state index contributed by atoms with van der Waals surface area (Å²) in [6.07, 6.45) is 0. The molecule has 0 bridgehead atoms. The molecule has 0 fully saturated rings. The highest BCUT2D eigenvalue weighted by molar-refractivity contribution is 9.11. The van der Waals surface area contributed by atoms with Gasteiger partial charge in [-0.05, 0) is 34.1 Å². The van der Waals surface area contributed by atoms with Gasteiger partial charge < -0.3 is 5.73 Å². The second-order valence-electron chi connectivity index (χ2n) is 4.22. The third-order valence-corrected chi connectivity index (χ3v) is 4.26. The van der Waals surface area contributed by atoms with Crippen LogP contribution in [0.15, 0.2) is 57.5 Å². The van der Waals surface area contributed by atoms with Crippen molar-refractivity contribution in [2.45, 2.75) is 0 Å².